The van der Waals surface area contributed by atoms with Crippen molar-refractivity contribution in [2.45, 2.75) is 83.6 Å². The molecule has 2 N–H and O–H groups in total. The van der Waals surface area contributed by atoms with Crippen LogP contribution >= 0.6 is 0 Å². The average Bonchev–Trinajstić information content (AvgIpc) is 2.33. The van der Waals surface area contributed by atoms with Gasteiger partial charge in [0.25, 0.3) is 0 Å². The number of nitrogens with two attached hydrogens (primary N) is 1. The van der Waals surface area contributed by atoms with E-state index in [0.29, 0.717) is 6.61 Å². The monoisotopic (exact) mass is 243 g/mol. The molecule has 0 aliphatic carbocycles. The van der Waals surface area contributed by atoms with Crippen molar-refractivity contribution in [1.82, 2.24) is 0 Å². The van der Waals surface area contributed by atoms with Crippen LogP contribution in [-0.2, 0) is 4.74 Å². The third-order valence-electron chi connectivity index (χ3n) is 3.66. The van der Waals surface area contributed by atoms with Gasteiger partial charge in [-0.3, -0.25) is 0 Å². The molecule has 0 radical (unpaired) electrons. The summed E-state index contributed by atoms with van der Waals surface area (Å²) in [7, 11) is 1.74. The van der Waals surface area contributed by atoms with E-state index in [-0.39, 0.29) is 5.54 Å². The van der Waals surface area contributed by atoms with Crippen molar-refractivity contribution in [2.75, 3.05) is 13.7 Å². The first-order chi connectivity index (χ1) is 8.18. The summed E-state index contributed by atoms with van der Waals surface area (Å²) in [5, 5.41) is 0. The lowest BCUT2D eigenvalue weighted by molar-refractivity contribution is 0.122. The minimum absolute atomic E-state index is 0.0863. The van der Waals surface area contributed by atoms with E-state index in [1.54, 1.807) is 7.11 Å². The van der Waals surface area contributed by atoms with Gasteiger partial charge in [0.05, 0.1) is 6.61 Å². The molecule has 0 saturated carbocycles. The molecule has 0 heterocycles. The van der Waals surface area contributed by atoms with Crippen molar-refractivity contribution < 1.29 is 4.74 Å². The maximum atomic E-state index is 6.26. The van der Waals surface area contributed by atoms with Crippen molar-refractivity contribution >= 4 is 0 Å². The zero-order valence-electron chi connectivity index (χ0n) is 12.3. The SMILES string of the molecule is CCCCCCCCCCC(N)(CC)COC. The number of hydrogen-bond donors (Lipinski definition) is 1. The Labute approximate surface area is 108 Å². The highest BCUT2D eigenvalue weighted by Gasteiger charge is 2.21. The third-order valence-corrected chi connectivity index (χ3v) is 3.66. The fourth-order valence-corrected chi connectivity index (χ4v) is 2.25. The van der Waals surface area contributed by atoms with E-state index in [4.69, 9.17) is 10.5 Å². The van der Waals surface area contributed by atoms with Gasteiger partial charge in [-0.25, -0.2) is 0 Å². The Morgan fingerprint density at radius 3 is 1.88 bits per heavy atom. The molecule has 2 heteroatoms. The quantitative estimate of drug-likeness (QED) is 0.519. The first kappa shape index (κ1) is 16.9. The average molecular weight is 243 g/mol. The molecular weight excluding hydrogens is 210 g/mol. The molecule has 17 heavy (non-hydrogen) atoms. The maximum Gasteiger partial charge on any atom is 0.0642 e. The summed E-state index contributed by atoms with van der Waals surface area (Å²) in [6.45, 7) is 5.12. The zero-order chi connectivity index (χ0) is 13.0. The first-order valence-corrected chi connectivity index (χ1v) is 7.46. The number of unbranched alkanes of at least 4 members (excludes halogenated alkanes) is 7. The lowest BCUT2D eigenvalue weighted by Gasteiger charge is -2.27. The Kier molecular flexibility index (Phi) is 11.0. The van der Waals surface area contributed by atoms with Crippen LogP contribution in [0.25, 0.3) is 0 Å². The van der Waals surface area contributed by atoms with Crippen LogP contribution < -0.4 is 5.73 Å². The summed E-state index contributed by atoms with van der Waals surface area (Å²) in [5.41, 5.74) is 6.18. The van der Waals surface area contributed by atoms with Gasteiger partial charge in [0.2, 0.25) is 0 Å². The molecule has 0 spiro atoms. The molecule has 2 nitrogen and oxygen atoms in total. The molecule has 0 fully saturated rings. The van der Waals surface area contributed by atoms with Crippen molar-refractivity contribution in [3.8, 4) is 0 Å². The van der Waals surface area contributed by atoms with E-state index in [1.807, 2.05) is 0 Å². The Bertz CT molecular complexity index is 161. The first-order valence-electron chi connectivity index (χ1n) is 7.46. The van der Waals surface area contributed by atoms with Gasteiger partial charge in [0.15, 0.2) is 0 Å². The van der Waals surface area contributed by atoms with Crippen LogP contribution in [-0.4, -0.2) is 19.3 Å². The van der Waals surface area contributed by atoms with E-state index < -0.39 is 0 Å². The van der Waals surface area contributed by atoms with Crippen LogP contribution in [0.15, 0.2) is 0 Å². The Balaban J connectivity index is 3.37. The van der Waals surface area contributed by atoms with Crippen molar-refractivity contribution in [2.24, 2.45) is 5.73 Å². The van der Waals surface area contributed by atoms with E-state index in [1.165, 1.54) is 51.4 Å². The lowest BCUT2D eigenvalue weighted by Crippen LogP contribution is -2.43. The molecule has 0 aromatic heterocycles. The minimum Gasteiger partial charge on any atom is -0.383 e. The predicted octanol–water partition coefficient (Wildman–Crippen LogP) is 4.27. The zero-order valence-corrected chi connectivity index (χ0v) is 12.3. The fraction of sp³-hybridized carbons (Fsp3) is 1.00. The smallest absolute Gasteiger partial charge is 0.0642 e. The Morgan fingerprint density at radius 2 is 1.41 bits per heavy atom. The van der Waals surface area contributed by atoms with Gasteiger partial charge in [0.1, 0.15) is 0 Å². The van der Waals surface area contributed by atoms with Gasteiger partial charge in [-0.05, 0) is 12.8 Å². The standard InChI is InChI=1S/C15H33NO/c1-4-6-7-8-9-10-11-12-13-15(16,5-2)14-17-3/h4-14,16H2,1-3H3. The second kappa shape index (κ2) is 11.0. The lowest BCUT2D eigenvalue weighted by atomic mass is 9.91. The normalized spacial score (nSPS) is 14.8. The molecular formula is C15H33NO. The van der Waals surface area contributed by atoms with Crippen LogP contribution in [0.1, 0.15) is 78.1 Å². The van der Waals surface area contributed by atoms with Gasteiger partial charge in [0, 0.05) is 12.6 Å². The molecule has 1 atom stereocenters. The van der Waals surface area contributed by atoms with Gasteiger partial charge in [-0.1, -0.05) is 65.2 Å². The second-order valence-electron chi connectivity index (χ2n) is 5.37. The summed E-state index contributed by atoms with van der Waals surface area (Å²) < 4.78 is 5.20. The Hall–Kier alpha value is -0.0800. The third kappa shape index (κ3) is 9.61. The minimum atomic E-state index is -0.0863. The van der Waals surface area contributed by atoms with E-state index in [2.05, 4.69) is 13.8 Å². The molecule has 0 bridgehead atoms. The number of rotatable bonds is 12. The Morgan fingerprint density at radius 1 is 0.882 bits per heavy atom. The second-order valence-corrected chi connectivity index (χ2v) is 5.37. The van der Waals surface area contributed by atoms with Gasteiger partial charge in [-0.2, -0.15) is 0 Å². The maximum absolute atomic E-state index is 6.26. The topological polar surface area (TPSA) is 35.2 Å². The van der Waals surface area contributed by atoms with E-state index in [0.717, 1.165) is 12.8 Å². The van der Waals surface area contributed by atoms with Crippen molar-refractivity contribution in [3.05, 3.63) is 0 Å². The summed E-state index contributed by atoms with van der Waals surface area (Å²) in [4.78, 5) is 0. The molecule has 0 aromatic carbocycles. The van der Waals surface area contributed by atoms with Crippen LogP contribution in [0.2, 0.25) is 0 Å². The summed E-state index contributed by atoms with van der Waals surface area (Å²) >= 11 is 0. The molecule has 0 amide bonds. The molecule has 104 valence electrons. The number of hydrogen-bond acceptors (Lipinski definition) is 2. The van der Waals surface area contributed by atoms with Gasteiger partial charge in [-0.15, -0.1) is 0 Å². The highest BCUT2D eigenvalue weighted by molar-refractivity contribution is 4.81. The van der Waals surface area contributed by atoms with Gasteiger partial charge >= 0.3 is 0 Å². The number of ether oxygens (including phenoxy) is 1. The van der Waals surface area contributed by atoms with Crippen molar-refractivity contribution in [3.63, 3.8) is 0 Å². The van der Waals surface area contributed by atoms with Crippen molar-refractivity contribution in [1.29, 1.82) is 0 Å². The molecule has 0 rings (SSSR count). The largest absolute Gasteiger partial charge is 0.383 e. The summed E-state index contributed by atoms with van der Waals surface area (Å²) in [6, 6.07) is 0. The molecule has 0 aromatic rings. The molecule has 1 unspecified atom stereocenters. The highest BCUT2D eigenvalue weighted by atomic mass is 16.5. The molecule has 0 saturated heterocycles. The van der Waals surface area contributed by atoms with E-state index in [9.17, 15) is 0 Å². The van der Waals surface area contributed by atoms with Gasteiger partial charge < -0.3 is 10.5 Å². The summed E-state index contributed by atoms with van der Waals surface area (Å²) in [6.07, 6.45) is 13.0. The number of methoxy groups -OCH3 is 1. The fourth-order valence-electron chi connectivity index (χ4n) is 2.25. The van der Waals surface area contributed by atoms with Crippen LogP contribution in [0.3, 0.4) is 0 Å². The predicted molar refractivity (Wildman–Crippen MR) is 76.3 cm³/mol. The van der Waals surface area contributed by atoms with E-state index >= 15 is 0 Å². The molecule has 0 aliphatic heterocycles. The molecule has 0 aliphatic rings. The highest BCUT2D eigenvalue weighted by Crippen LogP contribution is 2.18. The van der Waals surface area contributed by atoms with Crippen LogP contribution in [0.4, 0.5) is 0 Å². The van der Waals surface area contributed by atoms with Crippen LogP contribution in [0.5, 0.6) is 0 Å². The van der Waals surface area contributed by atoms with Crippen LogP contribution in [0, 0.1) is 0 Å². The summed E-state index contributed by atoms with van der Waals surface area (Å²) in [5.74, 6) is 0.